The standard InChI is InChI=1S/C8H16N2O5S/c1-5(9)7(11)10-6(8(12)13)3-4-16(2,14)15/h5-6H,3-4,9H2,1-2H3,(H,10,11)(H,12,13)/t5-,6?/m0/s1. The Kier molecular flexibility index (Phi) is 5.39. The van der Waals surface area contributed by atoms with Crippen molar-refractivity contribution in [2.45, 2.75) is 25.4 Å². The monoisotopic (exact) mass is 252 g/mol. The van der Waals surface area contributed by atoms with Crippen molar-refractivity contribution in [1.82, 2.24) is 5.32 Å². The summed E-state index contributed by atoms with van der Waals surface area (Å²) < 4.78 is 21.7. The van der Waals surface area contributed by atoms with Gasteiger partial charge in [-0.15, -0.1) is 0 Å². The van der Waals surface area contributed by atoms with Crippen LogP contribution in [0.2, 0.25) is 0 Å². The molecule has 0 aromatic heterocycles. The highest BCUT2D eigenvalue weighted by molar-refractivity contribution is 7.90. The van der Waals surface area contributed by atoms with Crippen LogP contribution in [0, 0.1) is 0 Å². The number of rotatable bonds is 6. The van der Waals surface area contributed by atoms with Crippen molar-refractivity contribution in [1.29, 1.82) is 0 Å². The maximum absolute atomic E-state index is 11.1. The molecule has 0 rings (SSSR count). The van der Waals surface area contributed by atoms with Gasteiger partial charge in [-0.1, -0.05) is 0 Å². The van der Waals surface area contributed by atoms with Gasteiger partial charge in [-0.2, -0.15) is 0 Å². The van der Waals surface area contributed by atoms with Gasteiger partial charge in [-0.05, 0) is 13.3 Å². The lowest BCUT2D eigenvalue weighted by atomic mass is 10.2. The van der Waals surface area contributed by atoms with Crippen LogP contribution in [0.4, 0.5) is 0 Å². The van der Waals surface area contributed by atoms with Crippen LogP contribution in [0.1, 0.15) is 13.3 Å². The lowest BCUT2D eigenvalue weighted by Gasteiger charge is -2.15. The third-order valence-electron chi connectivity index (χ3n) is 1.81. The second-order valence-corrected chi connectivity index (χ2v) is 5.87. The average molecular weight is 252 g/mol. The highest BCUT2D eigenvalue weighted by Crippen LogP contribution is 1.97. The lowest BCUT2D eigenvalue weighted by molar-refractivity contribution is -0.142. The third kappa shape index (κ3) is 6.36. The summed E-state index contributed by atoms with van der Waals surface area (Å²) in [5, 5.41) is 10.9. The van der Waals surface area contributed by atoms with Gasteiger partial charge < -0.3 is 16.2 Å². The van der Waals surface area contributed by atoms with Crippen LogP contribution in [0.15, 0.2) is 0 Å². The highest BCUT2D eigenvalue weighted by atomic mass is 32.2. The van der Waals surface area contributed by atoms with Gasteiger partial charge in [0.25, 0.3) is 0 Å². The van der Waals surface area contributed by atoms with E-state index in [0.717, 1.165) is 6.26 Å². The number of carbonyl (C=O) groups excluding carboxylic acids is 1. The molecule has 16 heavy (non-hydrogen) atoms. The molecular weight excluding hydrogens is 236 g/mol. The van der Waals surface area contributed by atoms with Crippen molar-refractivity contribution in [3.63, 3.8) is 0 Å². The van der Waals surface area contributed by atoms with Crippen LogP contribution in [-0.4, -0.2) is 49.5 Å². The topological polar surface area (TPSA) is 127 Å². The number of hydrogen-bond acceptors (Lipinski definition) is 5. The molecule has 94 valence electrons. The predicted molar refractivity (Wildman–Crippen MR) is 57.5 cm³/mol. The van der Waals surface area contributed by atoms with Crippen molar-refractivity contribution in [2.24, 2.45) is 5.73 Å². The van der Waals surface area contributed by atoms with E-state index in [4.69, 9.17) is 10.8 Å². The fourth-order valence-corrected chi connectivity index (χ4v) is 1.56. The van der Waals surface area contributed by atoms with E-state index in [1.165, 1.54) is 6.92 Å². The van der Waals surface area contributed by atoms with Crippen molar-refractivity contribution in [3.05, 3.63) is 0 Å². The summed E-state index contributed by atoms with van der Waals surface area (Å²) >= 11 is 0. The molecule has 0 bridgehead atoms. The number of hydrogen-bond donors (Lipinski definition) is 3. The third-order valence-corrected chi connectivity index (χ3v) is 2.78. The zero-order chi connectivity index (χ0) is 12.9. The van der Waals surface area contributed by atoms with E-state index >= 15 is 0 Å². The molecule has 0 spiro atoms. The van der Waals surface area contributed by atoms with Crippen LogP contribution in [0.3, 0.4) is 0 Å². The van der Waals surface area contributed by atoms with Gasteiger partial charge in [0, 0.05) is 6.26 Å². The molecule has 4 N–H and O–H groups in total. The summed E-state index contributed by atoms with van der Waals surface area (Å²) in [6.45, 7) is 1.41. The van der Waals surface area contributed by atoms with Crippen LogP contribution in [0.25, 0.3) is 0 Å². The predicted octanol–water partition coefficient (Wildman–Crippen LogP) is -1.66. The molecule has 0 aliphatic rings. The van der Waals surface area contributed by atoms with Crippen LogP contribution >= 0.6 is 0 Å². The normalized spacial score (nSPS) is 15.2. The SMILES string of the molecule is C[C@H](N)C(=O)NC(CCS(C)(=O)=O)C(=O)O. The molecule has 0 heterocycles. The second kappa shape index (κ2) is 5.80. The van der Waals surface area contributed by atoms with Gasteiger partial charge in [0.2, 0.25) is 5.91 Å². The first kappa shape index (κ1) is 14.8. The maximum Gasteiger partial charge on any atom is 0.326 e. The highest BCUT2D eigenvalue weighted by Gasteiger charge is 2.22. The summed E-state index contributed by atoms with van der Waals surface area (Å²) in [7, 11) is -3.25. The maximum atomic E-state index is 11.1. The first-order valence-electron chi connectivity index (χ1n) is 4.60. The van der Waals surface area contributed by atoms with E-state index < -0.39 is 33.8 Å². The van der Waals surface area contributed by atoms with Gasteiger partial charge >= 0.3 is 5.97 Å². The van der Waals surface area contributed by atoms with Gasteiger partial charge in [-0.3, -0.25) is 4.79 Å². The molecule has 0 saturated carbocycles. The van der Waals surface area contributed by atoms with Crippen molar-refractivity contribution < 1.29 is 23.1 Å². The second-order valence-electron chi connectivity index (χ2n) is 3.61. The molecule has 0 aromatic rings. The molecular formula is C8H16N2O5S. The lowest BCUT2D eigenvalue weighted by Crippen LogP contribution is -2.47. The molecule has 1 unspecified atom stereocenters. The Bertz CT molecular complexity index is 363. The Morgan fingerprint density at radius 1 is 1.44 bits per heavy atom. The van der Waals surface area contributed by atoms with E-state index in [0.29, 0.717) is 0 Å². The van der Waals surface area contributed by atoms with Crippen molar-refractivity contribution in [3.8, 4) is 0 Å². The fraction of sp³-hybridized carbons (Fsp3) is 0.750. The molecule has 2 atom stereocenters. The molecule has 1 amide bonds. The van der Waals surface area contributed by atoms with Crippen LogP contribution in [-0.2, 0) is 19.4 Å². The zero-order valence-corrected chi connectivity index (χ0v) is 9.95. The number of carboxylic acids is 1. The number of nitrogens with one attached hydrogen (secondary N) is 1. The number of amides is 1. The molecule has 0 aliphatic carbocycles. The molecule has 0 fully saturated rings. The fourth-order valence-electron chi connectivity index (χ4n) is 0.892. The van der Waals surface area contributed by atoms with Gasteiger partial charge in [0.1, 0.15) is 15.9 Å². The smallest absolute Gasteiger partial charge is 0.326 e. The first-order valence-corrected chi connectivity index (χ1v) is 6.66. The van der Waals surface area contributed by atoms with E-state index in [1.54, 1.807) is 0 Å². The summed E-state index contributed by atoms with van der Waals surface area (Å²) in [6, 6.07) is -2.06. The summed E-state index contributed by atoms with van der Waals surface area (Å²) in [4.78, 5) is 21.9. The van der Waals surface area contributed by atoms with E-state index in [9.17, 15) is 18.0 Å². The molecule has 7 nitrogen and oxygen atoms in total. The minimum absolute atomic E-state index is 0.174. The molecule has 0 aliphatic heterocycles. The Morgan fingerprint density at radius 2 is 1.94 bits per heavy atom. The largest absolute Gasteiger partial charge is 0.480 e. The minimum Gasteiger partial charge on any atom is -0.480 e. The summed E-state index contributed by atoms with van der Waals surface area (Å²) in [5.74, 6) is -2.21. The quantitative estimate of drug-likeness (QED) is 0.519. The molecule has 8 heteroatoms. The average Bonchev–Trinajstić information content (AvgIpc) is 2.09. The van der Waals surface area contributed by atoms with E-state index in [-0.39, 0.29) is 12.2 Å². The molecule has 0 radical (unpaired) electrons. The number of aliphatic carboxylic acids is 1. The Balaban J connectivity index is 4.41. The first-order chi connectivity index (χ1) is 7.13. The Labute approximate surface area is 93.9 Å². The van der Waals surface area contributed by atoms with Crippen molar-refractivity contribution >= 4 is 21.7 Å². The zero-order valence-electron chi connectivity index (χ0n) is 9.13. The number of nitrogens with two attached hydrogens (primary N) is 1. The number of carboxylic acid groups (broad SMARTS) is 1. The molecule has 0 saturated heterocycles. The number of sulfone groups is 1. The van der Waals surface area contributed by atoms with Gasteiger partial charge in [0.15, 0.2) is 0 Å². The Hall–Kier alpha value is -1.15. The van der Waals surface area contributed by atoms with E-state index in [1.807, 2.05) is 0 Å². The van der Waals surface area contributed by atoms with Crippen LogP contribution in [0.5, 0.6) is 0 Å². The number of carbonyl (C=O) groups is 2. The Morgan fingerprint density at radius 3 is 2.25 bits per heavy atom. The minimum atomic E-state index is -3.25. The van der Waals surface area contributed by atoms with Crippen molar-refractivity contribution in [2.75, 3.05) is 12.0 Å². The van der Waals surface area contributed by atoms with Gasteiger partial charge in [-0.25, -0.2) is 13.2 Å². The van der Waals surface area contributed by atoms with Gasteiger partial charge in [0.05, 0.1) is 11.8 Å². The summed E-state index contributed by atoms with van der Waals surface area (Å²) in [5.41, 5.74) is 5.24. The molecule has 0 aromatic carbocycles. The van der Waals surface area contributed by atoms with E-state index in [2.05, 4.69) is 5.32 Å². The van der Waals surface area contributed by atoms with Crippen LogP contribution < -0.4 is 11.1 Å². The summed E-state index contributed by atoms with van der Waals surface area (Å²) in [6.07, 6.45) is 0.825.